The second-order valence-corrected chi connectivity index (χ2v) is 3.87. The molecule has 1 unspecified atom stereocenters. The Morgan fingerprint density at radius 3 is 2.38 bits per heavy atom. The van der Waals surface area contributed by atoms with Crippen molar-refractivity contribution in [2.75, 3.05) is 0 Å². The Bertz CT molecular complexity index is 294. The molecule has 0 spiro atoms. The fourth-order valence-electron chi connectivity index (χ4n) is 1.15. The van der Waals surface area contributed by atoms with Gasteiger partial charge in [-0.25, -0.2) is 4.39 Å². The molecule has 1 aromatic heterocycles. The summed E-state index contributed by atoms with van der Waals surface area (Å²) in [6, 6.07) is 1.59. The van der Waals surface area contributed by atoms with Crippen molar-refractivity contribution in [3.8, 4) is 0 Å². The standard InChI is InChI=1S/C11H16FN/c1-7(2)8(3)10-5-11(12)9(4)13-6-10/h5-8H,1-4H3. The van der Waals surface area contributed by atoms with Crippen molar-refractivity contribution in [3.63, 3.8) is 0 Å². The summed E-state index contributed by atoms with van der Waals surface area (Å²) < 4.78 is 13.1. The van der Waals surface area contributed by atoms with Gasteiger partial charge >= 0.3 is 0 Å². The largest absolute Gasteiger partial charge is 0.258 e. The quantitative estimate of drug-likeness (QED) is 0.682. The molecule has 13 heavy (non-hydrogen) atoms. The topological polar surface area (TPSA) is 12.9 Å². The predicted octanol–water partition coefficient (Wildman–Crippen LogP) is 3.29. The van der Waals surface area contributed by atoms with Crippen LogP contribution in [0.4, 0.5) is 4.39 Å². The van der Waals surface area contributed by atoms with Crippen LogP contribution in [-0.4, -0.2) is 4.98 Å². The fourth-order valence-corrected chi connectivity index (χ4v) is 1.15. The zero-order chi connectivity index (χ0) is 10.0. The number of hydrogen-bond donors (Lipinski definition) is 0. The summed E-state index contributed by atoms with van der Waals surface area (Å²) in [5, 5.41) is 0. The maximum atomic E-state index is 13.1. The molecule has 0 aliphatic rings. The van der Waals surface area contributed by atoms with Crippen LogP contribution < -0.4 is 0 Å². The molecular formula is C11H16FN. The van der Waals surface area contributed by atoms with E-state index in [-0.39, 0.29) is 5.82 Å². The van der Waals surface area contributed by atoms with E-state index in [1.54, 1.807) is 19.2 Å². The van der Waals surface area contributed by atoms with E-state index in [1.807, 2.05) is 0 Å². The zero-order valence-corrected chi connectivity index (χ0v) is 8.63. The molecule has 1 rings (SSSR count). The summed E-state index contributed by atoms with van der Waals surface area (Å²) in [5.74, 6) is 0.677. The van der Waals surface area contributed by atoms with E-state index < -0.39 is 0 Å². The number of pyridine rings is 1. The summed E-state index contributed by atoms with van der Waals surface area (Å²) in [6.07, 6.45) is 1.77. The second kappa shape index (κ2) is 3.86. The van der Waals surface area contributed by atoms with Gasteiger partial charge in [-0.15, -0.1) is 0 Å². The predicted molar refractivity (Wildman–Crippen MR) is 52.2 cm³/mol. The summed E-state index contributed by atoms with van der Waals surface area (Å²) in [6.45, 7) is 8.03. The van der Waals surface area contributed by atoms with Crippen molar-refractivity contribution in [2.45, 2.75) is 33.6 Å². The maximum Gasteiger partial charge on any atom is 0.144 e. The van der Waals surface area contributed by atoms with E-state index in [9.17, 15) is 4.39 Å². The van der Waals surface area contributed by atoms with E-state index in [1.165, 1.54) is 0 Å². The Labute approximate surface area is 79.0 Å². The molecule has 0 saturated heterocycles. The van der Waals surface area contributed by atoms with Gasteiger partial charge in [0.1, 0.15) is 5.82 Å². The Morgan fingerprint density at radius 2 is 1.92 bits per heavy atom. The van der Waals surface area contributed by atoms with E-state index >= 15 is 0 Å². The number of aromatic nitrogens is 1. The molecule has 0 radical (unpaired) electrons. The van der Waals surface area contributed by atoms with Gasteiger partial charge in [0.05, 0.1) is 5.69 Å². The van der Waals surface area contributed by atoms with Crippen molar-refractivity contribution in [3.05, 3.63) is 29.3 Å². The van der Waals surface area contributed by atoms with Crippen LogP contribution in [0, 0.1) is 18.7 Å². The molecule has 0 aliphatic carbocycles. The molecule has 0 fully saturated rings. The molecule has 0 aromatic carbocycles. The fraction of sp³-hybridized carbons (Fsp3) is 0.545. The first kappa shape index (κ1) is 10.2. The first-order chi connectivity index (χ1) is 6.02. The van der Waals surface area contributed by atoms with E-state index in [0.717, 1.165) is 5.56 Å². The van der Waals surface area contributed by atoms with Crippen molar-refractivity contribution in [1.29, 1.82) is 0 Å². The minimum absolute atomic E-state index is 0.204. The lowest BCUT2D eigenvalue weighted by Crippen LogP contribution is -2.03. The van der Waals surface area contributed by atoms with E-state index in [4.69, 9.17) is 0 Å². The lowest BCUT2D eigenvalue weighted by atomic mass is 9.91. The van der Waals surface area contributed by atoms with Crippen LogP contribution in [0.5, 0.6) is 0 Å². The average molecular weight is 181 g/mol. The first-order valence-corrected chi connectivity index (χ1v) is 4.64. The van der Waals surface area contributed by atoms with Crippen LogP contribution in [0.2, 0.25) is 0 Å². The molecule has 0 bridgehead atoms. The minimum Gasteiger partial charge on any atom is -0.258 e. The van der Waals surface area contributed by atoms with Crippen LogP contribution in [0.1, 0.15) is 37.9 Å². The van der Waals surface area contributed by atoms with E-state index in [2.05, 4.69) is 25.8 Å². The number of nitrogens with zero attached hydrogens (tertiary/aromatic N) is 1. The second-order valence-electron chi connectivity index (χ2n) is 3.87. The lowest BCUT2D eigenvalue weighted by Gasteiger charge is -2.15. The zero-order valence-electron chi connectivity index (χ0n) is 8.63. The SMILES string of the molecule is Cc1ncc(C(C)C(C)C)cc1F. The Morgan fingerprint density at radius 1 is 1.31 bits per heavy atom. The van der Waals surface area contributed by atoms with Crippen molar-refractivity contribution in [2.24, 2.45) is 5.92 Å². The smallest absolute Gasteiger partial charge is 0.144 e. The number of halogens is 1. The van der Waals surface area contributed by atoms with Gasteiger partial charge < -0.3 is 0 Å². The van der Waals surface area contributed by atoms with Crippen molar-refractivity contribution < 1.29 is 4.39 Å². The highest BCUT2D eigenvalue weighted by atomic mass is 19.1. The molecule has 0 saturated carbocycles. The van der Waals surface area contributed by atoms with Gasteiger partial charge in [-0.2, -0.15) is 0 Å². The monoisotopic (exact) mass is 181 g/mol. The third-order valence-electron chi connectivity index (χ3n) is 2.57. The number of aryl methyl sites for hydroxylation is 1. The summed E-state index contributed by atoms with van der Waals surface area (Å²) in [4.78, 5) is 4.01. The third-order valence-corrected chi connectivity index (χ3v) is 2.57. The highest BCUT2D eigenvalue weighted by Crippen LogP contribution is 2.23. The molecule has 1 atom stereocenters. The highest BCUT2D eigenvalue weighted by Gasteiger charge is 2.11. The molecule has 0 amide bonds. The Hall–Kier alpha value is -0.920. The van der Waals surface area contributed by atoms with Crippen LogP contribution in [0.15, 0.2) is 12.3 Å². The number of hydrogen-bond acceptors (Lipinski definition) is 1. The summed E-state index contributed by atoms with van der Waals surface area (Å²) in [5.41, 5.74) is 1.46. The van der Waals surface area contributed by atoms with Gasteiger partial charge in [-0.3, -0.25) is 4.98 Å². The molecular weight excluding hydrogens is 165 g/mol. The Kier molecular flexibility index (Phi) is 3.02. The third kappa shape index (κ3) is 2.27. The molecule has 72 valence electrons. The van der Waals surface area contributed by atoms with Crippen molar-refractivity contribution in [1.82, 2.24) is 4.98 Å². The van der Waals surface area contributed by atoms with E-state index in [0.29, 0.717) is 17.5 Å². The van der Waals surface area contributed by atoms with Gasteiger partial charge in [0.25, 0.3) is 0 Å². The van der Waals surface area contributed by atoms with Gasteiger partial charge in [0, 0.05) is 6.20 Å². The van der Waals surface area contributed by atoms with Crippen LogP contribution in [-0.2, 0) is 0 Å². The van der Waals surface area contributed by atoms with Gasteiger partial charge in [0.15, 0.2) is 0 Å². The lowest BCUT2D eigenvalue weighted by molar-refractivity contribution is 0.525. The highest BCUT2D eigenvalue weighted by molar-refractivity contribution is 5.19. The minimum atomic E-state index is -0.204. The van der Waals surface area contributed by atoms with Crippen LogP contribution in [0.25, 0.3) is 0 Å². The summed E-state index contributed by atoms with van der Waals surface area (Å²) >= 11 is 0. The maximum absolute atomic E-state index is 13.1. The molecule has 1 aromatic rings. The van der Waals surface area contributed by atoms with Crippen LogP contribution in [0.3, 0.4) is 0 Å². The van der Waals surface area contributed by atoms with Gasteiger partial charge in [-0.05, 0) is 30.4 Å². The molecule has 1 heterocycles. The first-order valence-electron chi connectivity index (χ1n) is 4.64. The van der Waals surface area contributed by atoms with Gasteiger partial charge in [-0.1, -0.05) is 20.8 Å². The average Bonchev–Trinajstić information content (AvgIpc) is 2.08. The number of rotatable bonds is 2. The van der Waals surface area contributed by atoms with Crippen LogP contribution >= 0.6 is 0 Å². The van der Waals surface area contributed by atoms with Gasteiger partial charge in [0.2, 0.25) is 0 Å². The molecule has 0 aliphatic heterocycles. The summed E-state index contributed by atoms with van der Waals surface area (Å²) in [7, 11) is 0. The molecule has 0 N–H and O–H groups in total. The molecule has 2 heteroatoms. The Balaban J connectivity index is 2.97. The van der Waals surface area contributed by atoms with Crippen molar-refractivity contribution >= 4 is 0 Å². The normalized spacial score (nSPS) is 13.4. The molecule has 1 nitrogen and oxygen atoms in total.